The number of hydrogen-bond acceptors (Lipinski definition) is 4. The summed E-state index contributed by atoms with van der Waals surface area (Å²) in [5, 5.41) is 6.31. The van der Waals surface area contributed by atoms with E-state index in [2.05, 4.69) is 19.2 Å². The number of rotatable bonds is 9. The van der Waals surface area contributed by atoms with Crippen molar-refractivity contribution in [1.82, 2.24) is 25.1 Å². The van der Waals surface area contributed by atoms with Gasteiger partial charge in [0.05, 0.1) is 13.1 Å². The van der Waals surface area contributed by atoms with Crippen molar-refractivity contribution in [3.05, 3.63) is 71.8 Å². The van der Waals surface area contributed by atoms with Crippen LogP contribution in [0.5, 0.6) is 0 Å². The predicted molar refractivity (Wildman–Crippen MR) is 143 cm³/mol. The molecule has 2 aromatic carbocycles. The highest BCUT2D eigenvalue weighted by molar-refractivity contribution is 5.91. The van der Waals surface area contributed by atoms with Crippen LogP contribution in [0.25, 0.3) is 0 Å². The van der Waals surface area contributed by atoms with Gasteiger partial charge in [0.15, 0.2) is 0 Å². The van der Waals surface area contributed by atoms with Crippen molar-refractivity contribution in [2.24, 2.45) is 5.92 Å². The highest BCUT2D eigenvalue weighted by Crippen LogP contribution is 2.28. The first-order valence-corrected chi connectivity index (χ1v) is 13.4. The van der Waals surface area contributed by atoms with Crippen LogP contribution in [0, 0.1) is 5.92 Å². The molecule has 0 aliphatic carbocycles. The SMILES string of the molecule is CCC(CC)CCN1C[C@H]2N(C(=O)CN(C)N2C(=O)NCc2ccccc2)[C@@H](Cc2ccccc2)C1=O. The molecule has 0 radical (unpaired) electrons. The minimum absolute atomic E-state index is 0.0337. The standard InChI is InChI=1S/C29H39N5O3/c1-4-22(5-2)16-17-32-20-26-33(25(28(32)36)18-23-12-8-6-9-13-23)27(35)21-31(3)34(26)29(37)30-19-24-14-10-7-11-15-24/h6-15,22,25-26H,4-5,16-21H2,1-3H3,(H,30,37)/t25-,26-/m0/s1. The molecule has 8 heteroatoms. The van der Waals surface area contributed by atoms with E-state index in [0.717, 1.165) is 30.4 Å². The van der Waals surface area contributed by atoms with Gasteiger partial charge in [0, 0.05) is 26.6 Å². The fraction of sp³-hybridized carbons (Fsp3) is 0.483. The van der Waals surface area contributed by atoms with Crippen LogP contribution in [0.4, 0.5) is 4.79 Å². The first-order chi connectivity index (χ1) is 17.9. The van der Waals surface area contributed by atoms with Gasteiger partial charge >= 0.3 is 6.03 Å². The Morgan fingerprint density at radius 2 is 1.59 bits per heavy atom. The second-order valence-corrected chi connectivity index (χ2v) is 10.0. The van der Waals surface area contributed by atoms with Crippen LogP contribution in [0.2, 0.25) is 0 Å². The van der Waals surface area contributed by atoms with Gasteiger partial charge < -0.3 is 15.1 Å². The Bertz CT molecular complexity index is 1060. The number of carbonyl (C=O) groups is 3. The molecule has 198 valence electrons. The lowest BCUT2D eigenvalue weighted by Crippen LogP contribution is -2.76. The van der Waals surface area contributed by atoms with E-state index < -0.39 is 12.2 Å². The van der Waals surface area contributed by atoms with Gasteiger partial charge in [-0.2, -0.15) is 0 Å². The predicted octanol–water partition coefficient (Wildman–Crippen LogP) is 3.49. The quantitative estimate of drug-likeness (QED) is 0.566. The molecule has 0 unspecified atom stereocenters. The molecule has 4 rings (SSSR count). The Morgan fingerprint density at radius 1 is 0.973 bits per heavy atom. The summed E-state index contributed by atoms with van der Waals surface area (Å²) in [5.74, 6) is 0.376. The second-order valence-electron chi connectivity index (χ2n) is 10.0. The Balaban J connectivity index is 1.60. The average Bonchev–Trinajstić information content (AvgIpc) is 2.91. The molecule has 0 spiro atoms. The Kier molecular flexibility index (Phi) is 8.82. The maximum atomic E-state index is 13.8. The average molecular weight is 506 g/mol. The van der Waals surface area contributed by atoms with Crippen LogP contribution in [0.1, 0.15) is 44.2 Å². The van der Waals surface area contributed by atoms with Gasteiger partial charge in [0.2, 0.25) is 11.8 Å². The summed E-state index contributed by atoms with van der Waals surface area (Å²) in [6.45, 7) is 5.72. The summed E-state index contributed by atoms with van der Waals surface area (Å²) in [5.41, 5.74) is 1.99. The number of likely N-dealkylation sites (N-methyl/N-ethyl adjacent to an activating group) is 1. The van der Waals surface area contributed by atoms with E-state index in [4.69, 9.17) is 0 Å². The number of hydrazine groups is 1. The summed E-state index contributed by atoms with van der Waals surface area (Å²) in [6, 6.07) is 18.6. The van der Waals surface area contributed by atoms with E-state index in [1.807, 2.05) is 65.6 Å². The molecule has 37 heavy (non-hydrogen) atoms. The van der Waals surface area contributed by atoms with E-state index in [9.17, 15) is 14.4 Å². The summed E-state index contributed by atoms with van der Waals surface area (Å²) in [4.78, 5) is 44.2. The molecule has 2 aliphatic heterocycles. The van der Waals surface area contributed by atoms with Crippen molar-refractivity contribution in [3.63, 3.8) is 0 Å². The lowest BCUT2D eigenvalue weighted by atomic mass is 9.96. The molecule has 8 nitrogen and oxygen atoms in total. The molecule has 0 aromatic heterocycles. The maximum absolute atomic E-state index is 13.8. The summed E-state index contributed by atoms with van der Waals surface area (Å²) >= 11 is 0. The molecule has 4 amide bonds. The third kappa shape index (κ3) is 6.13. The number of fused-ring (bicyclic) bond motifs is 1. The van der Waals surface area contributed by atoms with Gasteiger partial charge in [-0.1, -0.05) is 87.4 Å². The van der Waals surface area contributed by atoms with Crippen LogP contribution in [-0.4, -0.2) is 76.6 Å². The number of nitrogens with zero attached hydrogens (tertiary/aromatic N) is 4. The monoisotopic (exact) mass is 505 g/mol. The highest BCUT2D eigenvalue weighted by Gasteiger charge is 2.50. The van der Waals surface area contributed by atoms with Crippen molar-refractivity contribution >= 4 is 17.8 Å². The molecule has 2 aliphatic rings. The van der Waals surface area contributed by atoms with Crippen molar-refractivity contribution in [2.75, 3.05) is 26.7 Å². The number of nitrogens with one attached hydrogen (secondary N) is 1. The van der Waals surface area contributed by atoms with E-state index in [1.165, 1.54) is 0 Å². The number of amides is 4. The topological polar surface area (TPSA) is 76.2 Å². The molecule has 2 atom stereocenters. The molecule has 0 saturated carbocycles. The van der Waals surface area contributed by atoms with Crippen molar-refractivity contribution in [1.29, 1.82) is 0 Å². The molecule has 0 bridgehead atoms. The van der Waals surface area contributed by atoms with Crippen molar-refractivity contribution in [2.45, 2.75) is 58.3 Å². The van der Waals surface area contributed by atoms with Crippen molar-refractivity contribution in [3.8, 4) is 0 Å². The van der Waals surface area contributed by atoms with Gasteiger partial charge in [0.25, 0.3) is 0 Å². The largest absolute Gasteiger partial charge is 0.337 e. The Morgan fingerprint density at radius 3 is 2.22 bits per heavy atom. The fourth-order valence-corrected chi connectivity index (χ4v) is 5.43. The normalized spacial score (nSPS) is 20.4. The first kappa shape index (κ1) is 26.7. The van der Waals surface area contributed by atoms with Gasteiger partial charge in [-0.25, -0.2) is 14.8 Å². The van der Waals surface area contributed by atoms with Gasteiger partial charge in [-0.05, 0) is 23.5 Å². The summed E-state index contributed by atoms with van der Waals surface area (Å²) < 4.78 is 0. The first-order valence-electron chi connectivity index (χ1n) is 13.4. The van der Waals surface area contributed by atoms with Crippen LogP contribution < -0.4 is 5.32 Å². The molecular formula is C29H39N5O3. The van der Waals surface area contributed by atoms with Crippen LogP contribution >= 0.6 is 0 Å². The van der Waals surface area contributed by atoms with Gasteiger partial charge in [0.1, 0.15) is 12.2 Å². The van der Waals surface area contributed by atoms with Crippen molar-refractivity contribution < 1.29 is 14.4 Å². The van der Waals surface area contributed by atoms with E-state index in [0.29, 0.717) is 32.0 Å². The van der Waals surface area contributed by atoms with Crippen LogP contribution in [0.15, 0.2) is 60.7 Å². The maximum Gasteiger partial charge on any atom is 0.334 e. The molecular weight excluding hydrogens is 466 g/mol. The molecule has 2 fully saturated rings. The minimum atomic E-state index is -0.645. The zero-order valence-corrected chi connectivity index (χ0v) is 22.2. The number of benzene rings is 2. The van der Waals surface area contributed by atoms with Crippen LogP contribution in [0.3, 0.4) is 0 Å². The lowest BCUT2D eigenvalue weighted by molar-refractivity contribution is -0.187. The third-order valence-electron chi connectivity index (χ3n) is 7.67. The zero-order valence-electron chi connectivity index (χ0n) is 22.2. The minimum Gasteiger partial charge on any atom is -0.337 e. The number of hydrogen-bond donors (Lipinski definition) is 1. The smallest absolute Gasteiger partial charge is 0.334 e. The molecule has 2 aromatic rings. The molecule has 2 saturated heterocycles. The number of carbonyl (C=O) groups excluding carboxylic acids is 3. The molecule has 1 N–H and O–H groups in total. The van der Waals surface area contributed by atoms with Crippen LogP contribution in [-0.2, 0) is 22.6 Å². The number of piperazine rings is 1. The van der Waals surface area contributed by atoms with Gasteiger partial charge in [-0.3, -0.25) is 9.59 Å². The van der Waals surface area contributed by atoms with E-state index in [1.54, 1.807) is 22.0 Å². The summed E-state index contributed by atoms with van der Waals surface area (Å²) in [7, 11) is 1.76. The van der Waals surface area contributed by atoms with Gasteiger partial charge in [-0.15, -0.1) is 0 Å². The highest BCUT2D eigenvalue weighted by atomic mass is 16.2. The molecule has 2 heterocycles. The Labute approximate surface area is 220 Å². The van der Waals surface area contributed by atoms with E-state index in [-0.39, 0.29) is 24.4 Å². The lowest BCUT2D eigenvalue weighted by Gasteiger charge is -2.54. The fourth-order valence-electron chi connectivity index (χ4n) is 5.43. The number of urea groups is 1. The third-order valence-corrected chi connectivity index (χ3v) is 7.67. The summed E-state index contributed by atoms with van der Waals surface area (Å²) in [6.07, 6.45) is 2.91. The zero-order chi connectivity index (χ0) is 26.4. The Hall–Kier alpha value is -3.39. The van der Waals surface area contributed by atoms with E-state index >= 15 is 0 Å². The second kappa shape index (κ2) is 12.2.